The van der Waals surface area contributed by atoms with Crippen LogP contribution >= 0.6 is 0 Å². The van der Waals surface area contributed by atoms with Gasteiger partial charge in [-0.3, -0.25) is 8.97 Å². The molecule has 0 fully saturated rings. The van der Waals surface area contributed by atoms with E-state index in [2.05, 4.69) is 87.8 Å². The normalized spacial score (nSPS) is 11.9. The minimum absolute atomic E-state index is 0.879. The summed E-state index contributed by atoms with van der Waals surface area (Å²) in [5.41, 5.74) is 8.08. The lowest BCUT2D eigenvalue weighted by Crippen LogP contribution is -1.99. The van der Waals surface area contributed by atoms with Crippen LogP contribution < -0.4 is 0 Å². The van der Waals surface area contributed by atoms with E-state index in [0.717, 1.165) is 61.2 Å². The fraction of sp³-hybridized carbons (Fsp3) is 0. The van der Waals surface area contributed by atoms with Crippen molar-refractivity contribution in [3.8, 4) is 17.1 Å². The summed E-state index contributed by atoms with van der Waals surface area (Å²) in [5, 5.41) is 3.40. The Hall–Kier alpha value is -5.03. The van der Waals surface area contributed by atoms with E-state index in [1.165, 1.54) is 5.39 Å². The Morgan fingerprint density at radius 3 is 2.06 bits per heavy atom. The third kappa shape index (κ3) is 2.62. The summed E-state index contributed by atoms with van der Waals surface area (Å²) in [6.45, 7) is 0. The Morgan fingerprint density at radius 2 is 1.19 bits per heavy atom. The van der Waals surface area contributed by atoms with Gasteiger partial charge in [0.2, 0.25) is 0 Å². The van der Waals surface area contributed by atoms with E-state index >= 15 is 0 Å². The zero-order valence-electron chi connectivity index (χ0n) is 19.2. The summed E-state index contributed by atoms with van der Waals surface area (Å²) >= 11 is 0. The number of rotatable bonds is 2. The number of hydrogen-bond donors (Lipinski definition) is 0. The highest BCUT2D eigenvalue weighted by Gasteiger charge is 2.16. The molecule has 0 bridgehead atoms. The maximum absolute atomic E-state index is 5.09. The van der Waals surface area contributed by atoms with Gasteiger partial charge >= 0.3 is 0 Å². The van der Waals surface area contributed by atoms with E-state index in [1.54, 1.807) is 0 Å². The molecular formula is C31H19N5. The average molecular weight is 462 g/mol. The summed E-state index contributed by atoms with van der Waals surface area (Å²) in [6, 6.07) is 37.6. The van der Waals surface area contributed by atoms with Gasteiger partial charge in [-0.25, -0.2) is 15.0 Å². The van der Waals surface area contributed by atoms with Gasteiger partial charge in [0.05, 0.1) is 22.1 Å². The number of hydrogen-bond acceptors (Lipinski definition) is 3. The molecule has 4 aromatic heterocycles. The second kappa shape index (κ2) is 7.23. The molecule has 8 aromatic rings. The average Bonchev–Trinajstić information content (AvgIpc) is 3.50. The minimum atomic E-state index is 0.879. The van der Waals surface area contributed by atoms with Gasteiger partial charge in [0.25, 0.3) is 0 Å². The molecule has 0 N–H and O–H groups in total. The molecular weight excluding hydrogens is 442 g/mol. The van der Waals surface area contributed by atoms with E-state index in [0.29, 0.717) is 0 Å². The molecule has 0 aliphatic rings. The van der Waals surface area contributed by atoms with E-state index in [-0.39, 0.29) is 0 Å². The molecule has 4 heterocycles. The van der Waals surface area contributed by atoms with E-state index < -0.39 is 0 Å². The zero-order valence-corrected chi connectivity index (χ0v) is 19.2. The van der Waals surface area contributed by atoms with E-state index in [9.17, 15) is 0 Å². The predicted molar refractivity (Wildman–Crippen MR) is 146 cm³/mol. The standard InChI is InChI=1S/C31H19N5/c1-3-11-25-24(9-1)31-34-26-12-4-6-14-28(26)36(31)29(33-25)20-15-17-21(18-16-20)35-27-13-5-2-8-22(27)23-10-7-19-32-30(23)35/h1-19H. The van der Waals surface area contributed by atoms with Gasteiger partial charge in [-0.15, -0.1) is 0 Å². The monoisotopic (exact) mass is 461 g/mol. The molecule has 0 saturated heterocycles. The Balaban J connectivity index is 1.38. The summed E-state index contributed by atoms with van der Waals surface area (Å²) in [6.07, 6.45) is 1.85. The molecule has 8 rings (SSSR count). The number of aromatic nitrogens is 5. The molecule has 0 spiro atoms. The number of para-hydroxylation sites is 4. The van der Waals surface area contributed by atoms with Gasteiger partial charge in [0, 0.05) is 33.6 Å². The molecule has 36 heavy (non-hydrogen) atoms. The van der Waals surface area contributed by atoms with Gasteiger partial charge in [-0.05, 0) is 66.7 Å². The SMILES string of the molecule is c1ccc2c(c1)nc(-c1ccc(-n3c4ccccc4c4cccnc43)cc1)n1c3ccccc3nc21. The highest BCUT2D eigenvalue weighted by atomic mass is 15.1. The van der Waals surface area contributed by atoms with E-state index in [1.807, 2.05) is 36.5 Å². The lowest BCUT2D eigenvalue weighted by atomic mass is 10.1. The molecule has 0 atom stereocenters. The molecule has 0 radical (unpaired) electrons. The van der Waals surface area contributed by atoms with Crippen molar-refractivity contribution in [2.24, 2.45) is 0 Å². The van der Waals surface area contributed by atoms with E-state index in [4.69, 9.17) is 15.0 Å². The van der Waals surface area contributed by atoms with Gasteiger partial charge in [-0.2, -0.15) is 0 Å². The summed E-state index contributed by atoms with van der Waals surface area (Å²) in [7, 11) is 0. The van der Waals surface area contributed by atoms with Crippen molar-refractivity contribution < 1.29 is 0 Å². The van der Waals surface area contributed by atoms with Crippen LogP contribution in [0.3, 0.4) is 0 Å². The van der Waals surface area contributed by atoms with Crippen molar-refractivity contribution in [1.29, 1.82) is 0 Å². The highest BCUT2D eigenvalue weighted by molar-refractivity contribution is 6.07. The van der Waals surface area contributed by atoms with Gasteiger partial charge in [-0.1, -0.05) is 42.5 Å². The Morgan fingerprint density at radius 1 is 0.500 bits per heavy atom. The van der Waals surface area contributed by atoms with Crippen LogP contribution in [0.5, 0.6) is 0 Å². The van der Waals surface area contributed by atoms with Crippen molar-refractivity contribution in [3.05, 3.63) is 115 Å². The zero-order chi connectivity index (χ0) is 23.6. The maximum atomic E-state index is 5.09. The van der Waals surface area contributed by atoms with Crippen LogP contribution in [0.1, 0.15) is 0 Å². The van der Waals surface area contributed by atoms with Crippen LogP contribution in [0.15, 0.2) is 115 Å². The molecule has 0 aliphatic heterocycles. The van der Waals surface area contributed by atoms with Crippen molar-refractivity contribution >= 4 is 49.5 Å². The first kappa shape index (κ1) is 19.3. The number of nitrogens with zero attached hydrogens (tertiary/aromatic N) is 5. The van der Waals surface area contributed by atoms with Crippen LogP contribution in [0.25, 0.3) is 66.6 Å². The quantitative estimate of drug-likeness (QED) is 0.274. The van der Waals surface area contributed by atoms with Crippen molar-refractivity contribution in [3.63, 3.8) is 0 Å². The molecule has 0 amide bonds. The van der Waals surface area contributed by atoms with Crippen LogP contribution in [0.2, 0.25) is 0 Å². The van der Waals surface area contributed by atoms with Crippen molar-refractivity contribution in [2.75, 3.05) is 0 Å². The number of pyridine rings is 1. The van der Waals surface area contributed by atoms with Crippen molar-refractivity contribution in [1.82, 2.24) is 23.9 Å². The Kier molecular flexibility index (Phi) is 3.88. The lowest BCUT2D eigenvalue weighted by Gasteiger charge is -2.11. The first-order chi connectivity index (χ1) is 17.9. The largest absolute Gasteiger partial charge is 0.294 e. The third-order valence-electron chi connectivity index (χ3n) is 6.96. The molecule has 168 valence electrons. The highest BCUT2D eigenvalue weighted by Crippen LogP contribution is 2.33. The molecule has 5 nitrogen and oxygen atoms in total. The summed E-state index contributed by atoms with van der Waals surface area (Å²) in [5.74, 6) is 0.879. The topological polar surface area (TPSA) is 48.0 Å². The Bertz CT molecular complexity index is 2050. The first-order valence-corrected chi connectivity index (χ1v) is 12.0. The number of benzene rings is 4. The van der Waals surface area contributed by atoms with Crippen LogP contribution in [-0.2, 0) is 0 Å². The van der Waals surface area contributed by atoms with Gasteiger partial charge < -0.3 is 0 Å². The predicted octanol–water partition coefficient (Wildman–Crippen LogP) is 7.19. The molecule has 0 aliphatic carbocycles. The van der Waals surface area contributed by atoms with Gasteiger partial charge in [0.15, 0.2) is 0 Å². The van der Waals surface area contributed by atoms with Gasteiger partial charge in [0.1, 0.15) is 17.1 Å². The number of fused-ring (bicyclic) bond motifs is 8. The molecule has 5 heteroatoms. The van der Waals surface area contributed by atoms with Crippen molar-refractivity contribution in [2.45, 2.75) is 0 Å². The fourth-order valence-corrected chi connectivity index (χ4v) is 5.36. The third-order valence-corrected chi connectivity index (χ3v) is 6.96. The summed E-state index contributed by atoms with van der Waals surface area (Å²) in [4.78, 5) is 14.8. The lowest BCUT2D eigenvalue weighted by molar-refractivity contribution is 1.13. The minimum Gasteiger partial charge on any atom is -0.294 e. The smallest absolute Gasteiger partial charge is 0.149 e. The van der Waals surface area contributed by atoms with Crippen LogP contribution in [0.4, 0.5) is 0 Å². The molecule has 0 saturated carbocycles. The molecule has 0 unspecified atom stereocenters. The van der Waals surface area contributed by atoms with Crippen LogP contribution in [0, 0.1) is 0 Å². The summed E-state index contributed by atoms with van der Waals surface area (Å²) < 4.78 is 4.40. The second-order valence-corrected chi connectivity index (χ2v) is 8.99. The Labute approximate surface area is 205 Å². The number of imidazole rings is 1. The second-order valence-electron chi connectivity index (χ2n) is 8.99. The maximum Gasteiger partial charge on any atom is 0.149 e. The van der Waals surface area contributed by atoms with Crippen LogP contribution in [-0.4, -0.2) is 23.9 Å². The first-order valence-electron chi connectivity index (χ1n) is 12.0. The fourth-order valence-electron chi connectivity index (χ4n) is 5.36. The molecule has 4 aromatic carbocycles.